The molecule has 4 rings (SSSR count). The Morgan fingerprint density at radius 3 is 3.00 bits per heavy atom. The highest BCUT2D eigenvalue weighted by atomic mass is 32.1. The Bertz CT molecular complexity index is 782. The van der Waals surface area contributed by atoms with Crippen molar-refractivity contribution in [1.29, 1.82) is 0 Å². The van der Waals surface area contributed by atoms with Gasteiger partial charge in [0.05, 0.1) is 18.3 Å². The van der Waals surface area contributed by atoms with Crippen LogP contribution in [-0.2, 0) is 5.60 Å². The van der Waals surface area contributed by atoms with Gasteiger partial charge in [-0.3, -0.25) is 4.98 Å². The molecular weight excluding hydrogens is 296 g/mol. The highest BCUT2D eigenvalue weighted by molar-refractivity contribution is 7.10. The molecule has 0 radical (unpaired) electrons. The molecule has 1 aliphatic rings. The zero-order valence-corrected chi connectivity index (χ0v) is 12.8. The van der Waals surface area contributed by atoms with Gasteiger partial charge in [-0.2, -0.15) is 0 Å². The lowest BCUT2D eigenvalue weighted by Crippen LogP contribution is -2.36. The first-order valence-electron chi connectivity index (χ1n) is 7.32. The standard InChI is InChI=1S/C16H16N4OS/c21-16(11-3-4-11,14-2-1-7-22-14)9-18-15-12-5-6-17-8-13(12)19-10-20-15/h1-2,5-8,10-11,21H,3-4,9H2,(H,18,19,20). The van der Waals surface area contributed by atoms with Crippen molar-refractivity contribution in [1.82, 2.24) is 15.0 Å². The molecule has 3 aromatic rings. The monoisotopic (exact) mass is 312 g/mol. The molecule has 1 saturated carbocycles. The zero-order valence-electron chi connectivity index (χ0n) is 11.9. The molecule has 112 valence electrons. The van der Waals surface area contributed by atoms with E-state index in [1.807, 2.05) is 23.6 Å². The van der Waals surface area contributed by atoms with Gasteiger partial charge in [0.1, 0.15) is 17.7 Å². The molecule has 22 heavy (non-hydrogen) atoms. The van der Waals surface area contributed by atoms with Crippen LogP contribution >= 0.6 is 11.3 Å². The number of fused-ring (bicyclic) bond motifs is 1. The van der Waals surface area contributed by atoms with E-state index in [0.717, 1.165) is 34.4 Å². The third-order valence-corrected chi connectivity index (χ3v) is 5.20. The summed E-state index contributed by atoms with van der Waals surface area (Å²) in [6.07, 6.45) is 7.11. The number of nitrogens with one attached hydrogen (secondary N) is 1. The van der Waals surface area contributed by atoms with Gasteiger partial charge in [0.15, 0.2) is 0 Å². The van der Waals surface area contributed by atoms with E-state index in [2.05, 4.69) is 20.3 Å². The molecule has 0 bridgehead atoms. The number of hydrogen-bond donors (Lipinski definition) is 2. The van der Waals surface area contributed by atoms with Crippen LogP contribution in [0.5, 0.6) is 0 Å². The summed E-state index contributed by atoms with van der Waals surface area (Å²) >= 11 is 1.60. The Labute approximate surface area is 132 Å². The average Bonchev–Trinajstić information content (AvgIpc) is 3.27. The van der Waals surface area contributed by atoms with Crippen LogP contribution in [0.25, 0.3) is 10.9 Å². The van der Waals surface area contributed by atoms with Gasteiger partial charge >= 0.3 is 0 Å². The van der Waals surface area contributed by atoms with Crippen molar-refractivity contribution in [2.45, 2.75) is 18.4 Å². The van der Waals surface area contributed by atoms with Crippen molar-refractivity contribution in [3.63, 3.8) is 0 Å². The van der Waals surface area contributed by atoms with Gasteiger partial charge in [0.2, 0.25) is 0 Å². The molecule has 6 heteroatoms. The summed E-state index contributed by atoms with van der Waals surface area (Å²) in [4.78, 5) is 13.6. The second-order valence-electron chi connectivity index (χ2n) is 5.64. The van der Waals surface area contributed by atoms with Gasteiger partial charge in [0.25, 0.3) is 0 Å². The van der Waals surface area contributed by atoms with E-state index >= 15 is 0 Å². The fourth-order valence-corrected chi connectivity index (χ4v) is 3.69. The van der Waals surface area contributed by atoms with Gasteiger partial charge in [0, 0.05) is 16.5 Å². The minimum atomic E-state index is -0.821. The molecular formula is C16H16N4OS. The van der Waals surface area contributed by atoms with Crippen LogP contribution in [0.4, 0.5) is 5.82 Å². The highest BCUT2D eigenvalue weighted by Gasteiger charge is 2.45. The molecule has 0 aliphatic heterocycles. The zero-order chi connectivity index (χ0) is 15.0. The first-order chi connectivity index (χ1) is 10.8. The Morgan fingerprint density at radius 1 is 1.32 bits per heavy atom. The Hall–Kier alpha value is -2.05. The maximum atomic E-state index is 11.1. The number of anilines is 1. The largest absolute Gasteiger partial charge is 0.382 e. The van der Waals surface area contributed by atoms with Crippen molar-refractivity contribution < 1.29 is 5.11 Å². The maximum absolute atomic E-state index is 11.1. The van der Waals surface area contributed by atoms with Crippen LogP contribution in [0.1, 0.15) is 17.7 Å². The van der Waals surface area contributed by atoms with Crippen molar-refractivity contribution >= 4 is 28.1 Å². The second-order valence-corrected chi connectivity index (χ2v) is 6.59. The molecule has 0 amide bonds. The minimum absolute atomic E-state index is 0.327. The number of aromatic nitrogens is 3. The first-order valence-corrected chi connectivity index (χ1v) is 8.20. The van der Waals surface area contributed by atoms with Crippen LogP contribution < -0.4 is 5.32 Å². The average molecular weight is 312 g/mol. The van der Waals surface area contributed by atoms with Gasteiger partial charge in [-0.15, -0.1) is 11.3 Å². The van der Waals surface area contributed by atoms with E-state index in [-0.39, 0.29) is 0 Å². The summed E-state index contributed by atoms with van der Waals surface area (Å²) in [6.45, 7) is 0.451. The third kappa shape index (κ3) is 2.34. The summed E-state index contributed by atoms with van der Waals surface area (Å²) in [7, 11) is 0. The summed E-state index contributed by atoms with van der Waals surface area (Å²) in [6, 6.07) is 5.88. The predicted molar refractivity (Wildman–Crippen MR) is 86.8 cm³/mol. The molecule has 1 aliphatic carbocycles. The Morgan fingerprint density at radius 2 is 2.23 bits per heavy atom. The fraction of sp³-hybridized carbons (Fsp3) is 0.312. The Balaban J connectivity index is 1.63. The lowest BCUT2D eigenvalue weighted by atomic mass is 9.95. The summed E-state index contributed by atoms with van der Waals surface area (Å²) in [5.74, 6) is 1.07. The maximum Gasteiger partial charge on any atom is 0.137 e. The fourth-order valence-electron chi connectivity index (χ4n) is 2.79. The quantitative estimate of drug-likeness (QED) is 0.758. The van der Waals surface area contributed by atoms with Crippen LogP contribution in [0.2, 0.25) is 0 Å². The second kappa shape index (κ2) is 5.30. The van der Waals surface area contributed by atoms with Crippen molar-refractivity contribution in [3.05, 3.63) is 47.2 Å². The number of pyridine rings is 1. The number of hydrogen-bond acceptors (Lipinski definition) is 6. The normalized spacial score (nSPS) is 17.3. The lowest BCUT2D eigenvalue weighted by Gasteiger charge is -2.28. The molecule has 1 unspecified atom stereocenters. The van der Waals surface area contributed by atoms with Gasteiger partial charge < -0.3 is 10.4 Å². The summed E-state index contributed by atoms with van der Waals surface area (Å²) in [5.41, 5.74) is -0.0237. The molecule has 0 saturated heterocycles. The lowest BCUT2D eigenvalue weighted by molar-refractivity contribution is 0.0303. The van der Waals surface area contributed by atoms with Crippen LogP contribution in [0, 0.1) is 5.92 Å². The minimum Gasteiger partial charge on any atom is -0.382 e. The van der Waals surface area contributed by atoms with E-state index in [0.29, 0.717) is 12.5 Å². The van der Waals surface area contributed by atoms with E-state index < -0.39 is 5.60 Å². The third-order valence-electron chi connectivity index (χ3n) is 4.16. The van der Waals surface area contributed by atoms with Crippen LogP contribution in [0.3, 0.4) is 0 Å². The number of nitrogens with zero attached hydrogens (tertiary/aromatic N) is 3. The Kier molecular flexibility index (Phi) is 3.28. The number of thiophene rings is 1. The molecule has 3 heterocycles. The van der Waals surface area contributed by atoms with Gasteiger partial charge in [-0.05, 0) is 36.3 Å². The van der Waals surface area contributed by atoms with Gasteiger partial charge in [-0.25, -0.2) is 9.97 Å². The molecule has 0 aromatic carbocycles. The molecule has 1 atom stereocenters. The molecule has 0 spiro atoms. The topological polar surface area (TPSA) is 70.9 Å². The van der Waals surface area contributed by atoms with E-state index in [4.69, 9.17) is 0 Å². The number of rotatable bonds is 5. The van der Waals surface area contributed by atoms with Crippen molar-refractivity contribution in [3.8, 4) is 0 Å². The highest BCUT2D eigenvalue weighted by Crippen LogP contribution is 2.47. The molecule has 2 N–H and O–H groups in total. The summed E-state index contributed by atoms with van der Waals surface area (Å²) in [5, 5.41) is 17.4. The van der Waals surface area contributed by atoms with Crippen molar-refractivity contribution in [2.24, 2.45) is 5.92 Å². The van der Waals surface area contributed by atoms with E-state index in [1.165, 1.54) is 6.33 Å². The van der Waals surface area contributed by atoms with Crippen molar-refractivity contribution in [2.75, 3.05) is 11.9 Å². The van der Waals surface area contributed by atoms with Crippen LogP contribution in [0.15, 0.2) is 42.3 Å². The smallest absolute Gasteiger partial charge is 0.137 e. The predicted octanol–water partition coefficient (Wildman–Crippen LogP) is 2.80. The SMILES string of the molecule is OC(CNc1ncnc2cnccc12)(c1cccs1)C1CC1. The van der Waals surface area contributed by atoms with E-state index in [1.54, 1.807) is 23.7 Å². The molecule has 1 fully saturated rings. The number of aliphatic hydroxyl groups is 1. The first kappa shape index (κ1) is 13.6. The van der Waals surface area contributed by atoms with Gasteiger partial charge in [-0.1, -0.05) is 6.07 Å². The van der Waals surface area contributed by atoms with E-state index in [9.17, 15) is 5.11 Å². The summed E-state index contributed by atoms with van der Waals surface area (Å²) < 4.78 is 0. The molecule has 5 nitrogen and oxygen atoms in total. The van der Waals surface area contributed by atoms with Crippen LogP contribution in [-0.4, -0.2) is 26.6 Å². The molecule has 3 aromatic heterocycles.